The molecule has 0 bridgehead atoms. The molecular formula is C24H28N4O4. The smallest absolute Gasteiger partial charge is 0.247 e. The second kappa shape index (κ2) is 9.82. The van der Waals surface area contributed by atoms with Gasteiger partial charge in [0.15, 0.2) is 0 Å². The Bertz CT molecular complexity index is 986. The van der Waals surface area contributed by atoms with Crippen LogP contribution < -0.4 is 20.9 Å². The van der Waals surface area contributed by atoms with E-state index >= 15 is 0 Å². The molecule has 0 spiro atoms. The van der Waals surface area contributed by atoms with E-state index in [9.17, 15) is 14.4 Å². The molecule has 2 aliphatic rings. The highest BCUT2D eigenvalue weighted by atomic mass is 16.5. The van der Waals surface area contributed by atoms with Crippen molar-refractivity contribution >= 4 is 34.8 Å². The van der Waals surface area contributed by atoms with Gasteiger partial charge in [-0.2, -0.15) is 0 Å². The number of fused-ring (bicyclic) bond motifs is 1. The molecule has 2 aromatic rings. The summed E-state index contributed by atoms with van der Waals surface area (Å²) < 4.78 is 5.56. The fourth-order valence-corrected chi connectivity index (χ4v) is 4.02. The molecular weight excluding hydrogens is 408 g/mol. The number of para-hydroxylation sites is 2. The van der Waals surface area contributed by atoms with Crippen molar-refractivity contribution in [1.29, 1.82) is 0 Å². The molecule has 0 saturated carbocycles. The molecule has 0 radical (unpaired) electrons. The second-order valence-electron chi connectivity index (χ2n) is 8.21. The Kier molecular flexibility index (Phi) is 6.70. The van der Waals surface area contributed by atoms with Gasteiger partial charge in [-0.15, -0.1) is 0 Å². The van der Waals surface area contributed by atoms with Crippen LogP contribution in [-0.2, 0) is 19.1 Å². The first kappa shape index (κ1) is 21.8. The van der Waals surface area contributed by atoms with Gasteiger partial charge in [0.05, 0.1) is 30.4 Å². The van der Waals surface area contributed by atoms with Gasteiger partial charge in [0.25, 0.3) is 0 Å². The minimum Gasteiger partial charge on any atom is -0.376 e. The van der Waals surface area contributed by atoms with E-state index in [-0.39, 0.29) is 36.8 Å². The maximum Gasteiger partial charge on any atom is 0.247 e. The average Bonchev–Trinajstić information content (AvgIpc) is 3.30. The van der Waals surface area contributed by atoms with Crippen molar-refractivity contribution in [3.63, 3.8) is 0 Å². The number of amides is 3. The maximum absolute atomic E-state index is 12.9. The van der Waals surface area contributed by atoms with E-state index in [0.717, 1.165) is 25.0 Å². The van der Waals surface area contributed by atoms with Gasteiger partial charge in [-0.3, -0.25) is 14.4 Å². The first-order chi connectivity index (χ1) is 15.5. The number of aryl methyl sites for hydroxylation is 1. The minimum atomic E-state index is -0.802. The van der Waals surface area contributed by atoms with Crippen LogP contribution >= 0.6 is 0 Å². The molecule has 0 unspecified atom stereocenters. The van der Waals surface area contributed by atoms with Crippen LogP contribution in [0.15, 0.2) is 48.5 Å². The normalized spacial score (nSPS) is 19.8. The Morgan fingerprint density at radius 1 is 1.12 bits per heavy atom. The third kappa shape index (κ3) is 5.26. The Morgan fingerprint density at radius 3 is 2.66 bits per heavy atom. The fourth-order valence-electron chi connectivity index (χ4n) is 4.02. The zero-order chi connectivity index (χ0) is 22.5. The van der Waals surface area contributed by atoms with Crippen LogP contribution in [0.1, 0.15) is 24.8 Å². The molecule has 8 heteroatoms. The van der Waals surface area contributed by atoms with Crippen molar-refractivity contribution in [3.8, 4) is 0 Å². The summed E-state index contributed by atoms with van der Waals surface area (Å²) in [6.07, 6.45) is 1.88. The predicted molar refractivity (Wildman–Crippen MR) is 123 cm³/mol. The van der Waals surface area contributed by atoms with Crippen LogP contribution in [0.25, 0.3) is 0 Å². The molecule has 2 aliphatic heterocycles. The lowest BCUT2D eigenvalue weighted by Gasteiger charge is -2.37. The Morgan fingerprint density at radius 2 is 1.91 bits per heavy atom. The lowest BCUT2D eigenvalue weighted by Crippen LogP contribution is -2.53. The number of hydrogen-bond acceptors (Lipinski definition) is 5. The van der Waals surface area contributed by atoms with Crippen LogP contribution in [0, 0.1) is 6.92 Å². The summed E-state index contributed by atoms with van der Waals surface area (Å²) >= 11 is 0. The Labute approximate surface area is 187 Å². The van der Waals surface area contributed by atoms with E-state index in [1.807, 2.05) is 49.4 Å². The Balaban J connectivity index is 1.46. The molecule has 1 saturated heterocycles. The molecule has 0 aromatic heterocycles. The zero-order valence-electron chi connectivity index (χ0n) is 18.1. The highest BCUT2D eigenvalue weighted by Crippen LogP contribution is 2.32. The van der Waals surface area contributed by atoms with Gasteiger partial charge in [0.1, 0.15) is 6.04 Å². The predicted octanol–water partition coefficient (Wildman–Crippen LogP) is 2.45. The largest absolute Gasteiger partial charge is 0.376 e. The summed E-state index contributed by atoms with van der Waals surface area (Å²) in [5, 5.41) is 8.59. The highest BCUT2D eigenvalue weighted by Gasteiger charge is 2.35. The fraction of sp³-hybridized carbons (Fsp3) is 0.375. The lowest BCUT2D eigenvalue weighted by molar-refractivity contribution is -0.123. The van der Waals surface area contributed by atoms with E-state index in [2.05, 4.69) is 16.0 Å². The molecule has 2 aromatic carbocycles. The zero-order valence-corrected chi connectivity index (χ0v) is 18.1. The first-order valence-electron chi connectivity index (χ1n) is 10.9. The van der Waals surface area contributed by atoms with Crippen molar-refractivity contribution < 1.29 is 19.1 Å². The van der Waals surface area contributed by atoms with Gasteiger partial charge in [-0.1, -0.05) is 29.8 Å². The third-order valence-electron chi connectivity index (χ3n) is 5.73. The lowest BCUT2D eigenvalue weighted by atomic mass is 10.0. The monoisotopic (exact) mass is 436 g/mol. The van der Waals surface area contributed by atoms with E-state index in [4.69, 9.17) is 4.74 Å². The number of ether oxygens (including phenoxy) is 1. The summed E-state index contributed by atoms with van der Waals surface area (Å²) in [6, 6.07) is 13.9. The van der Waals surface area contributed by atoms with Gasteiger partial charge >= 0.3 is 0 Å². The van der Waals surface area contributed by atoms with E-state index < -0.39 is 6.04 Å². The number of benzene rings is 2. The summed E-state index contributed by atoms with van der Waals surface area (Å²) in [6.45, 7) is 3.11. The van der Waals surface area contributed by atoms with Gasteiger partial charge in [0.2, 0.25) is 17.7 Å². The number of carbonyl (C=O) groups excluding carboxylic acids is 3. The average molecular weight is 437 g/mol. The topological polar surface area (TPSA) is 99.8 Å². The molecule has 1 fully saturated rings. The summed E-state index contributed by atoms with van der Waals surface area (Å²) in [5.41, 5.74) is 3.09. The van der Waals surface area contributed by atoms with Crippen molar-refractivity contribution in [2.75, 3.05) is 35.2 Å². The molecule has 168 valence electrons. The first-order valence-corrected chi connectivity index (χ1v) is 10.9. The molecule has 3 amide bonds. The van der Waals surface area contributed by atoms with Crippen LogP contribution in [0.2, 0.25) is 0 Å². The number of nitrogens with one attached hydrogen (secondary N) is 3. The van der Waals surface area contributed by atoms with E-state index in [1.54, 1.807) is 11.0 Å². The van der Waals surface area contributed by atoms with Crippen molar-refractivity contribution in [3.05, 3.63) is 54.1 Å². The van der Waals surface area contributed by atoms with Gasteiger partial charge in [0, 0.05) is 18.8 Å². The number of rotatable bonds is 7. The second-order valence-corrected chi connectivity index (χ2v) is 8.21. The SMILES string of the molecule is Cc1ccc(NC(=O)C[C@@H]2C(=O)Nc3ccccc3N2CC(=O)NC[C@@H]2CCCO2)cc1. The summed E-state index contributed by atoms with van der Waals surface area (Å²) in [7, 11) is 0. The molecule has 2 atom stereocenters. The molecule has 4 rings (SSSR count). The summed E-state index contributed by atoms with van der Waals surface area (Å²) in [4.78, 5) is 40.0. The van der Waals surface area contributed by atoms with E-state index in [1.165, 1.54) is 0 Å². The molecule has 3 N–H and O–H groups in total. The molecule has 32 heavy (non-hydrogen) atoms. The van der Waals surface area contributed by atoms with Crippen molar-refractivity contribution in [2.24, 2.45) is 0 Å². The number of hydrogen-bond donors (Lipinski definition) is 3. The van der Waals surface area contributed by atoms with Crippen LogP contribution in [0.5, 0.6) is 0 Å². The summed E-state index contributed by atoms with van der Waals surface area (Å²) in [5.74, 6) is -0.818. The van der Waals surface area contributed by atoms with Crippen molar-refractivity contribution in [1.82, 2.24) is 5.32 Å². The number of nitrogens with zero attached hydrogens (tertiary/aromatic N) is 1. The van der Waals surface area contributed by atoms with Crippen molar-refractivity contribution in [2.45, 2.75) is 38.3 Å². The van der Waals surface area contributed by atoms with Gasteiger partial charge in [-0.25, -0.2) is 0 Å². The third-order valence-corrected chi connectivity index (χ3v) is 5.73. The van der Waals surface area contributed by atoms with Gasteiger partial charge < -0.3 is 25.6 Å². The van der Waals surface area contributed by atoms with E-state index in [0.29, 0.717) is 23.6 Å². The van der Waals surface area contributed by atoms with Crippen LogP contribution in [-0.4, -0.2) is 49.6 Å². The molecule has 8 nitrogen and oxygen atoms in total. The highest BCUT2D eigenvalue weighted by molar-refractivity contribution is 6.07. The van der Waals surface area contributed by atoms with Gasteiger partial charge in [-0.05, 0) is 44.0 Å². The minimum absolute atomic E-state index is 0.0281. The van der Waals surface area contributed by atoms with Crippen LogP contribution in [0.3, 0.4) is 0 Å². The van der Waals surface area contributed by atoms with Crippen LogP contribution in [0.4, 0.5) is 17.1 Å². The quantitative estimate of drug-likeness (QED) is 0.619. The number of anilines is 3. The maximum atomic E-state index is 12.9. The molecule has 2 heterocycles. The molecule has 0 aliphatic carbocycles. The standard InChI is InChI=1S/C24H28N4O4/c1-16-8-10-17(11-9-16)26-22(29)13-21-24(31)27-19-6-2-3-7-20(19)28(21)15-23(30)25-14-18-5-4-12-32-18/h2-3,6-11,18,21H,4-5,12-15H2,1H3,(H,25,30)(H,26,29)(H,27,31)/t18-,21+/m0/s1. The number of carbonyl (C=O) groups is 3. The Hall–Kier alpha value is -3.39.